The van der Waals surface area contributed by atoms with Crippen LogP contribution < -0.4 is 9.47 Å². The monoisotopic (exact) mass is 384 g/mol. The van der Waals surface area contributed by atoms with Crippen LogP contribution in [0.4, 0.5) is 0 Å². The van der Waals surface area contributed by atoms with E-state index in [9.17, 15) is 4.79 Å². The van der Waals surface area contributed by atoms with Gasteiger partial charge in [-0.15, -0.1) is 10.2 Å². The highest BCUT2D eigenvalue weighted by molar-refractivity contribution is 7.98. The number of ether oxygens (including phenoxy) is 2. The molecule has 0 unspecified atom stereocenters. The molecule has 3 rings (SSSR count). The first kappa shape index (κ1) is 19.0. The molecular weight excluding hydrogens is 364 g/mol. The fourth-order valence-electron chi connectivity index (χ4n) is 2.47. The van der Waals surface area contributed by atoms with Crippen LogP contribution in [0.25, 0.3) is 11.5 Å². The Morgan fingerprint density at radius 3 is 2.59 bits per heavy atom. The summed E-state index contributed by atoms with van der Waals surface area (Å²) in [4.78, 5) is 11.6. The van der Waals surface area contributed by atoms with E-state index in [0.717, 1.165) is 22.6 Å². The summed E-state index contributed by atoms with van der Waals surface area (Å²) in [6.45, 7) is 4.03. The van der Waals surface area contributed by atoms with Crippen LogP contribution in [0, 0.1) is 0 Å². The zero-order valence-corrected chi connectivity index (χ0v) is 16.2. The molecular formula is C20H20N2O4S. The molecule has 0 amide bonds. The van der Waals surface area contributed by atoms with Crippen LogP contribution in [0.1, 0.15) is 29.8 Å². The molecule has 0 spiro atoms. The molecule has 1 aromatic heterocycles. The SMILES string of the molecule is CCOc1ccc(C(C)=O)cc1CSc1nnc(-c2ccc(OC)cc2)o1. The minimum absolute atomic E-state index is 0.0175. The van der Waals surface area contributed by atoms with Crippen LogP contribution in [0.5, 0.6) is 11.5 Å². The topological polar surface area (TPSA) is 74.5 Å². The van der Waals surface area contributed by atoms with E-state index in [-0.39, 0.29) is 5.78 Å². The van der Waals surface area contributed by atoms with Gasteiger partial charge in [0.2, 0.25) is 5.89 Å². The molecule has 7 heteroatoms. The summed E-state index contributed by atoms with van der Waals surface area (Å²) < 4.78 is 16.5. The predicted molar refractivity (Wildman–Crippen MR) is 103 cm³/mol. The normalized spacial score (nSPS) is 10.6. The summed E-state index contributed by atoms with van der Waals surface area (Å²) >= 11 is 1.40. The number of nitrogens with zero attached hydrogens (tertiary/aromatic N) is 2. The van der Waals surface area contributed by atoms with Gasteiger partial charge in [0.1, 0.15) is 11.5 Å². The zero-order valence-electron chi connectivity index (χ0n) is 15.4. The van der Waals surface area contributed by atoms with Crippen molar-refractivity contribution in [3.05, 3.63) is 53.6 Å². The van der Waals surface area contributed by atoms with Crippen LogP contribution in [0.3, 0.4) is 0 Å². The summed E-state index contributed by atoms with van der Waals surface area (Å²) in [5.41, 5.74) is 2.39. The second kappa shape index (κ2) is 8.73. The lowest BCUT2D eigenvalue weighted by molar-refractivity contribution is 0.101. The molecule has 0 aliphatic rings. The Bertz CT molecular complexity index is 922. The predicted octanol–water partition coefficient (Wildman–Crippen LogP) is 4.64. The maximum atomic E-state index is 11.6. The van der Waals surface area contributed by atoms with Crippen LogP contribution in [0.15, 0.2) is 52.1 Å². The van der Waals surface area contributed by atoms with Crippen molar-refractivity contribution in [2.75, 3.05) is 13.7 Å². The Hall–Kier alpha value is -2.80. The number of hydrogen-bond acceptors (Lipinski definition) is 7. The third-order valence-corrected chi connectivity index (χ3v) is 4.73. The quantitative estimate of drug-likeness (QED) is 0.414. The van der Waals surface area contributed by atoms with E-state index in [1.54, 1.807) is 20.1 Å². The van der Waals surface area contributed by atoms with Crippen molar-refractivity contribution in [3.63, 3.8) is 0 Å². The molecule has 0 saturated carbocycles. The fourth-order valence-corrected chi connectivity index (χ4v) is 3.21. The lowest BCUT2D eigenvalue weighted by Crippen LogP contribution is -1.99. The number of rotatable bonds is 8. The summed E-state index contributed by atoms with van der Waals surface area (Å²) in [5.74, 6) is 2.54. The van der Waals surface area contributed by atoms with Crippen LogP contribution in [-0.2, 0) is 5.75 Å². The smallest absolute Gasteiger partial charge is 0.277 e. The molecule has 6 nitrogen and oxygen atoms in total. The molecule has 0 N–H and O–H groups in total. The van der Waals surface area contributed by atoms with Gasteiger partial charge in [-0.2, -0.15) is 0 Å². The van der Waals surface area contributed by atoms with E-state index in [1.807, 2.05) is 43.3 Å². The number of carbonyl (C=O) groups is 1. The first-order chi connectivity index (χ1) is 13.1. The van der Waals surface area contributed by atoms with Gasteiger partial charge in [0.15, 0.2) is 5.78 Å². The highest BCUT2D eigenvalue weighted by Gasteiger charge is 2.13. The first-order valence-corrected chi connectivity index (χ1v) is 9.46. The Morgan fingerprint density at radius 2 is 1.93 bits per heavy atom. The fraction of sp³-hybridized carbons (Fsp3) is 0.250. The molecule has 140 valence electrons. The molecule has 0 aliphatic heterocycles. The van der Waals surface area contributed by atoms with Crippen molar-refractivity contribution in [3.8, 4) is 23.0 Å². The van der Waals surface area contributed by atoms with E-state index in [4.69, 9.17) is 13.9 Å². The third-order valence-electron chi connectivity index (χ3n) is 3.86. The molecule has 0 radical (unpaired) electrons. The number of methoxy groups -OCH3 is 1. The molecule has 0 saturated heterocycles. The van der Waals surface area contributed by atoms with Gasteiger partial charge < -0.3 is 13.9 Å². The summed E-state index contributed by atoms with van der Waals surface area (Å²) in [6, 6.07) is 12.9. The average Bonchev–Trinajstić information content (AvgIpc) is 3.16. The summed E-state index contributed by atoms with van der Waals surface area (Å²) in [6.07, 6.45) is 0. The first-order valence-electron chi connectivity index (χ1n) is 8.48. The Morgan fingerprint density at radius 1 is 1.15 bits per heavy atom. The molecule has 2 aromatic carbocycles. The van der Waals surface area contributed by atoms with Gasteiger partial charge in [-0.05, 0) is 56.3 Å². The Balaban J connectivity index is 1.74. The van der Waals surface area contributed by atoms with Gasteiger partial charge in [0.25, 0.3) is 5.22 Å². The third kappa shape index (κ3) is 4.68. The van der Waals surface area contributed by atoms with Gasteiger partial charge in [-0.25, -0.2) is 0 Å². The second-order valence-electron chi connectivity index (χ2n) is 5.70. The molecule has 0 aliphatic carbocycles. The lowest BCUT2D eigenvalue weighted by Gasteiger charge is -2.10. The van der Waals surface area contributed by atoms with Crippen LogP contribution in [-0.4, -0.2) is 29.7 Å². The molecule has 0 atom stereocenters. The van der Waals surface area contributed by atoms with Crippen molar-refractivity contribution in [2.24, 2.45) is 0 Å². The molecule has 0 fully saturated rings. The number of aromatic nitrogens is 2. The standard InChI is InChI=1S/C20H20N2O4S/c1-4-25-18-10-7-15(13(2)23)11-16(18)12-27-20-22-21-19(26-20)14-5-8-17(24-3)9-6-14/h5-11H,4,12H2,1-3H3. The lowest BCUT2D eigenvalue weighted by atomic mass is 10.1. The average molecular weight is 384 g/mol. The number of hydrogen-bond donors (Lipinski definition) is 0. The van der Waals surface area contributed by atoms with Gasteiger partial charge in [0, 0.05) is 22.4 Å². The van der Waals surface area contributed by atoms with Crippen molar-refractivity contribution < 1.29 is 18.7 Å². The van der Waals surface area contributed by atoms with Gasteiger partial charge in [-0.3, -0.25) is 4.79 Å². The molecule has 27 heavy (non-hydrogen) atoms. The second-order valence-corrected chi connectivity index (χ2v) is 6.63. The van der Waals surface area contributed by atoms with Crippen molar-refractivity contribution in [1.82, 2.24) is 10.2 Å². The van der Waals surface area contributed by atoms with E-state index >= 15 is 0 Å². The maximum absolute atomic E-state index is 11.6. The van der Waals surface area contributed by atoms with Gasteiger partial charge in [0.05, 0.1) is 13.7 Å². The van der Waals surface area contributed by atoms with Gasteiger partial charge in [-0.1, -0.05) is 11.8 Å². The van der Waals surface area contributed by atoms with Crippen molar-refractivity contribution in [2.45, 2.75) is 24.8 Å². The highest BCUT2D eigenvalue weighted by Crippen LogP contribution is 2.30. The number of Topliss-reactive ketones (excluding diaryl/α,β-unsaturated/α-hetero) is 1. The minimum Gasteiger partial charge on any atom is -0.497 e. The maximum Gasteiger partial charge on any atom is 0.277 e. The van der Waals surface area contributed by atoms with Gasteiger partial charge >= 0.3 is 0 Å². The van der Waals surface area contributed by atoms with E-state index < -0.39 is 0 Å². The minimum atomic E-state index is 0.0175. The van der Waals surface area contributed by atoms with E-state index in [2.05, 4.69) is 10.2 Å². The zero-order chi connectivity index (χ0) is 19.2. The highest BCUT2D eigenvalue weighted by atomic mass is 32.2. The number of thioether (sulfide) groups is 1. The molecule has 3 aromatic rings. The summed E-state index contributed by atoms with van der Waals surface area (Å²) in [7, 11) is 1.62. The number of benzene rings is 2. The largest absolute Gasteiger partial charge is 0.497 e. The van der Waals surface area contributed by atoms with E-state index in [0.29, 0.717) is 29.0 Å². The number of ketones is 1. The molecule has 0 bridgehead atoms. The van der Waals surface area contributed by atoms with Crippen molar-refractivity contribution in [1.29, 1.82) is 0 Å². The molecule has 1 heterocycles. The van der Waals surface area contributed by atoms with Crippen LogP contribution >= 0.6 is 11.8 Å². The van der Waals surface area contributed by atoms with Crippen LogP contribution in [0.2, 0.25) is 0 Å². The Labute approximate surface area is 161 Å². The summed E-state index contributed by atoms with van der Waals surface area (Å²) in [5, 5.41) is 8.64. The van der Waals surface area contributed by atoms with Crippen molar-refractivity contribution >= 4 is 17.5 Å². The Kier molecular flexibility index (Phi) is 6.13. The number of carbonyl (C=O) groups excluding carboxylic acids is 1. The van der Waals surface area contributed by atoms with E-state index in [1.165, 1.54) is 11.8 Å².